The molecule has 0 fully saturated rings. The van der Waals surface area contributed by atoms with Gasteiger partial charge in [-0.25, -0.2) is 8.42 Å². The minimum atomic E-state index is -3.73. The van der Waals surface area contributed by atoms with Crippen LogP contribution >= 0.6 is 11.6 Å². The highest BCUT2D eigenvalue weighted by atomic mass is 35.5. The summed E-state index contributed by atoms with van der Waals surface area (Å²) in [6.45, 7) is 4.46. The molecule has 0 N–H and O–H groups in total. The minimum absolute atomic E-state index is 0.234. The lowest BCUT2D eigenvalue weighted by atomic mass is 10.0. The van der Waals surface area contributed by atoms with Crippen LogP contribution in [0.3, 0.4) is 0 Å². The standard InChI is InChI=1S/C26H28ClNO4S/c1-3-31-25-16-20-12-14-28(2)15-13-21(20)17-26(25)33(29,30)24-10-4-19(5-11-24)18-32-23-8-6-22(27)7-9-23/h4-11,16-17H,3,12-15,18H2,1-2H3. The summed E-state index contributed by atoms with van der Waals surface area (Å²) in [5, 5.41) is 0.646. The van der Waals surface area contributed by atoms with Gasteiger partial charge in [-0.05, 0) is 92.0 Å². The molecule has 33 heavy (non-hydrogen) atoms. The first kappa shape index (κ1) is 23.6. The molecule has 0 amide bonds. The molecule has 1 heterocycles. The van der Waals surface area contributed by atoms with E-state index in [1.165, 1.54) is 0 Å². The van der Waals surface area contributed by atoms with Gasteiger partial charge >= 0.3 is 0 Å². The summed E-state index contributed by atoms with van der Waals surface area (Å²) in [5.41, 5.74) is 3.12. The molecule has 0 radical (unpaired) electrons. The van der Waals surface area contributed by atoms with E-state index in [0.717, 1.165) is 42.6 Å². The molecule has 0 atom stereocenters. The molecule has 0 spiro atoms. The Balaban J connectivity index is 1.59. The normalized spacial score (nSPS) is 14.4. The Kier molecular flexibility index (Phi) is 7.27. The van der Waals surface area contributed by atoms with Crippen LogP contribution in [0.2, 0.25) is 5.02 Å². The van der Waals surface area contributed by atoms with Crippen LogP contribution < -0.4 is 9.47 Å². The second kappa shape index (κ2) is 10.2. The highest BCUT2D eigenvalue weighted by Gasteiger charge is 2.25. The van der Waals surface area contributed by atoms with Crippen molar-refractivity contribution in [2.75, 3.05) is 26.7 Å². The van der Waals surface area contributed by atoms with Gasteiger partial charge in [0, 0.05) is 18.1 Å². The van der Waals surface area contributed by atoms with E-state index in [9.17, 15) is 8.42 Å². The Labute approximate surface area is 200 Å². The number of fused-ring (bicyclic) bond motifs is 1. The molecule has 0 bridgehead atoms. The average molecular weight is 486 g/mol. The maximum atomic E-state index is 13.6. The third kappa shape index (κ3) is 5.52. The van der Waals surface area contributed by atoms with E-state index >= 15 is 0 Å². The number of halogens is 1. The predicted molar refractivity (Wildman–Crippen MR) is 130 cm³/mol. The summed E-state index contributed by atoms with van der Waals surface area (Å²) < 4.78 is 38.6. The van der Waals surface area contributed by atoms with Crippen molar-refractivity contribution in [1.82, 2.24) is 4.90 Å². The number of hydrogen-bond donors (Lipinski definition) is 0. The van der Waals surface area contributed by atoms with Crippen molar-refractivity contribution in [2.24, 2.45) is 0 Å². The highest BCUT2D eigenvalue weighted by molar-refractivity contribution is 7.91. The van der Waals surface area contributed by atoms with Crippen molar-refractivity contribution >= 4 is 21.4 Å². The van der Waals surface area contributed by atoms with Crippen LogP contribution in [0.5, 0.6) is 11.5 Å². The zero-order valence-corrected chi connectivity index (χ0v) is 20.5. The van der Waals surface area contributed by atoms with E-state index < -0.39 is 9.84 Å². The zero-order valence-electron chi connectivity index (χ0n) is 18.9. The molecule has 174 valence electrons. The zero-order chi connectivity index (χ0) is 23.4. The lowest BCUT2D eigenvalue weighted by molar-refractivity contribution is 0.306. The van der Waals surface area contributed by atoms with Crippen LogP contribution in [-0.4, -0.2) is 40.1 Å². The maximum Gasteiger partial charge on any atom is 0.210 e. The van der Waals surface area contributed by atoms with Crippen LogP contribution in [0.25, 0.3) is 0 Å². The third-order valence-electron chi connectivity index (χ3n) is 5.83. The van der Waals surface area contributed by atoms with Gasteiger partial charge in [0.15, 0.2) is 0 Å². The maximum absolute atomic E-state index is 13.6. The summed E-state index contributed by atoms with van der Waals surface area (Å²) in [6.07, 6.45) is 1.70. The Morgan fingerprint density at radius 3 is 2.18 bits per heavy atom. The molecule has 3 aromatic rings. The van der Waals surface area contributed by atoms with Crippen LogP contribution in [0.1, 0.15) is 23.6 Å². The topological polar surface area (TPSA) is 55.8 Å². The second-order valence-electron chi connectivity index (χ2n) is 8.19. The SMILES string of the molecule is CCOc1cc2c(cc1S(=O)(=O)c1ccc(COc3ccc(Cl)cc3)cc1)CCN(C)CC2. The van der Waals surface area contributed by atoms with Crippen LogP contribution in [-0.2, 0) is 29.3 Å². The number of ether oxygens (including phenoxy) is 2. The van der Waals surface area contributed by atoms with Gasteiger partial charge < -0.3 is 14.4 Å². The quantitative estimate of drug-likeness (QED) is 0.461. The fourth-order valence-corrected chi connectivity index (χ4v) is 5.47. The Morgan fingerprint density at radius 1 is 0.909 bits per heavy atom. The fourth-order valence-electron chi connectivity index (χ4n) is 3.91. The summed E-state index contributed by atoms with van der Waals surface area (Å²) >= 11 is 5.90. The van der Waals surface area contributed by atoms with E-state index in [-0.39, 0.29) is 9.79 Å². The molecule has 0 saturated heterocycles. The first-order chi connectivity index (χ1) is 15.9. The largest absolute Gasteiger partial charge is 0.492 e. The first-order valence-electron chi connectivity index (χ1n) is 11.1. The van der Waals surface area contributed by atoms with Crippen LogP contribution in [0, 0.1) is 0 Å². The van der Waals surface area contributed by atoms with Gasteiger partial charge in [0.1, 0.15) is 23.0 Å². The van der Waals surface area contributed by atoms with Crippen molar-refractivity contribution in [3.05, 3.63) is 82.4 Å². The van der Waals surface area contributed by atoms with Gasteiger partial charge in [-0.3, -0.25) is 0 Å². The smallest absolute Gasteiger partial charge is 0.210 e. The minimum Gasteiger partial charge on any atom is -0.492 e. The number of sulfone groups is 1. The van der Waals surface area contributed by atoms with Crippen molar-refractivity contribution in [1.29, 1.82) is 0 Å². The summed E-state index contributed by atoms with van der Waals surface area (Å²) in [5.74, 6) is 1.13. The second-order valence-corrected chi connectivity index (χ2v) is 10.5. The number of likely N-dealkylation sites (N-methyl/N-ethyl adjacent to an activating group) is 1. The van der Waals surface area contributed by atoms with Gasteiger partial charge in [-0.2, -0.15) is 0 Å². The summed E-state index contributed by atoms with van der Waals surface area (Å²) in [6, 6.07) is 17.7. The van der Waals surface area contributed by atoms with Crippen LogP contribution in [0.15, 0.2) is 70.5 Å². The van der Waals surface area contributed by atoms with E-state index in [0.29, 0.717) is 29.7 Å². The summed E-state index contributed by atoms with van der Waals surface area (Å²) in [4.78, 5) is 2.74. The Morgan fingerprint density at radius 2 is 1.55 bits per heavy atom. The van der Waals surface area contributed by atoms with Gasteiger partial charge in [0.2, 0.25) is 9.84 Å². The number of hydrogen-bond acceptors (Lipinski definition) is 5. The molecule has 0 unspecified atom stereocenters. The Bertz CT molecular complexity index is 1210. The molecular weight excluding hydrogens is 458 g/mol. The molecule has 1 aliphatic heterocycles. The van der Waals surface area contributed by atoms with Gasteiger partial charge in [-0.15, -0.1) is 0 Å². The van der Waals surface area contributed by atoms with Gasteiger partial charge in [0.25, 0.3) is 0 Å². The molecule has 7 heteroatoms. The first-order valence-corrected chi connectivity index (χ1v) is 12.9. The fraction of sp³-hybridized carbons (Fsp3) is 0.308. The molecule has 0 saturated carbocycles. The number of benzene rings is 3. The number of rotatable bonds is 7. The molecule has 0 aliphatic carbocycles. The Hall–Kier alpha value is -2.54. The predicted octanol–water partition coefficient (Wildman–Crippen LogP) is 5.18. The van der Waals surface area contributed by atoms with Crippen molar-refractivity contribution in [3.63, 3.8) is 0 Å². The average Bonchev–Trinajstić information content (AvgIpc) is 3.00. The molecule has 4 rings (SSSR count). The monoisotopic (exact) mass is 485 g/mol. The van der Waals surface area contributed by atoms with Gasteiger partial charge in [-0.1, -0.05) is 23.7 Å². The van der Waals surface area contributed by atoms with Crippen LogP contribution in [0.4, 0.5) is 0 Å². The van der Waals surface area contributed by atoms with Gasteiger partial charge in [0.05, 0.1) is 11.5 Å². The van der Waals surface area contributed by atoms with E-state index in [4.69, 9.17) is 21.1 Å². The molecule has 5 nitrogen and oxygen atoms in total. The number of nitrogens with zero attached hydrogens (tertiary/aromatic N) is 1. The lowest BCUT2D eigenvalue weighted by Gasteiger charge is -2.16. The van der Waals surface area contributed by atoms with Crippen molar-refractivity contribution < 1.29 is 17.9 Å². The molecule has 0 aromatic heterocycles. The molecule has 3 aromatic carbocycles. The third-order valence-corrected chi connectivity index (χ3v) is 7.88. The van der Waals surface area contributed by atoms with Crippen molar-refractivity contribution in [3.8, 4) is 11.5 Å². The van der Waals surface area contributed by atoms with Crippen molar-refractivity contribution in [2.45, 2.75) is 36.2 Å². The van der Waals surface area contributed by atoms with E-state index in [1.54, 1.807) is 48.5 Å². The lowest BCUT2D eigenvalue weighted by Crippen LogP contribution is -2.20. The molecule has 1 aliphatic rings. The molecular formula is C26H28ClNO4S. The summed E-state index contributed by atoms with van der Waals surface area (Å²) in [7, 11) is -1.64. The highest BCUT2D eigenvalue weighted by Crippen LogP contribution is 2.34. The van der Waals surface area contributed by atoms with E-state index in [2.05, 4.69) is 11.9 Å². The van der Waals surface area contributed by atoms with E-state index in [1.807, 2.05) is 19.1 Å².